The summed E-state index contributed by atoms with van der Waals surface area (Å²) < 4.78 is 0. The Bertz CT molecular complexity index is 225. The highest BCUT2D eigenvalue weighted by Gasteiger charge is 2.45. The van der Waals surface area contributed by atoms with E-state index < -0.39 is 0 Å². The second-order valence-corrected chi connectivity index (χ2v) is 5.73. The fourth-order valence-corrected chi connectivity index (χ4v) is 4.14. The van der Waals surface area contributed by atoms with E-state index in [9.17, 15) is 5.11 Å². The van der Waals surface area contributed by atoms with Crippen LogP contribution in [0.4, 0.5) is 0 Å². The van der Waals surface area contributed by atoms with Gasteiger partial charge in [0.25, 0.3) is 0 Å². The van der Waals surface area contributed by atoms with Crippen LogP contribution in [-0.4, -0.2) is 35.2 Å². The van der Waals surface area contributed by atoms with Crippen LogP contribution in [-0.2, 0) is 0 Å². The van der Waals surface area contributed by atoms with Gasteiger partial charge in [0, 0.05) is 12.0 Å². The molecule has 0 spiro atoms. The Kier molecular flexibility index (Phi) is 2.73. The first-order chi connectivity index (χ1) is 7.36. The van der Waals surface area contributed by atoms with Gasteiger partial charge >= 0.3 is 0 Å². The van der Waals surface area contributed by atoms with Crippen molar-refractivity contribution in [3.63, 3.8) is 0 Å². The van der Waals surface area contributed by atoms with Gasteiger partial charge in [-0.3, -0.25) is 0 Å². The summed E-state index contributed by atoms with van der Waals surface area (Å²) in [4.78, 5) is 2.68. The molecule has 15 heavy (non-hydrogen) atoms. The summed E-state index contributed by atoms with van der Waals surface area (Å²) in [6.07, 6.45) is 9.41. The lowest BCUT2D eigenvalue weighted by molar-refractivity contribution is -0.00651. The average molecular weight is 209 g/mol. The lowest BCUT2D eigenvalue weighted by Gasteiger charge is -2.42. The minimum absolute atomic E-state index is 0.0330. The Morgan fingerprint density at radius 2 is 1.60 bits per heavy atom. The van der Waals surface area contributed by atoms with Crippen LogP contribution in [0.1, 0.15) is 44.9 Å². The lowest BCUT2D eigenvalue weighted by Crippen LogP contribution is -2.48. The molecule has 2 bridgehead atoms. The zero-order valence-electron chi connectivity index (χ0n) is 9.57. The van der Waals surface area contributed by atoms with Crippen molar-refractivity contribution in [2.24, 2.45) is 11.8 Å². The number of aliphatic hydroxyl groups is 1. The summed E-state index contributed by atoms with van der Waals surface area (Å²) in [7, 11) is 0. The van der Waals surface area contributed by atoms with E-state index in [4.69, 9.17) is 0 Å². The van der Waals surface area contributed by atoms with Crippen LogP contribution in [0, 0.1) is 11.8 Å². The molecule has 1 saturated heterocycles. The summed E-state index contributed by atoms with van der Waals surface area (Å²) in [5, 5.41) is 10.2. The van der Waals surface area contributed by atoms with Crippen LogP contribution in [0.5, 0.6) is 0 Å². The molecule has 0 aromatic carbocycles. The van der Waals surface area contributed by atoms with Crippen LogP contribution in [0.25, 0.3) is 0 Å². The van der Waals surface area contributed by atoms with E-state index in [1.54, 1.807) is 0 Å². The molecule has 0 unspecified atom stereocenters. The van der Waals surface area contributed by atoms with Gasteiger partial charge < -0.3 is 10.0 Å². The zero-order chi connectivity index (χ0) is 10.3. The van der Waals surface area contributed by atoms with E-state index in [-0.39, 0.29) is 6.10 Å². The van der Waals surface area contributed by atoms with Crippen molar-refractivity contribution in [3.8, 4) is 0 Å². The maximum Gasteiger partial charge on any atom is 0.0611 e. The summed E-state index contributed by atoms with van der Waals surface area (Å²) in [5.74, 6) is 1.26. The van der Waals surface area contributed by atoms with Gasteiger partial charge in [-0.1, -0.05) is 6.42 Å². The van der Waals surface area contributed by atoms with Crippen LogP contribution < -0.4 is 0 Å². The molecule has 2 aliphatic carbocycles. The van der Waals surface area contributed by atoms with Gasteiger partial charge in [0.2, 0.25) is 0 Å². The van der Waals surface area contributed by atoms with Crippen molar-refractivity contribution in [2.45, 2.75) is 57.1 Å². The molecule has 0 radical (unpaired) electrons. The molecule has 4 atom stereocenters. The molecule has 1 heterocycles. The van der Waals surface area contributed by atoms with Crippen molar-refractivity contribution in [3.05, 3.63) is 0 Å². The van der Waals surface area contributed by atoms with Crippen molar-refractivity contribution >= 4 is 0 Å². The first kappa shape index (κ1) is 10.1. The Morgan fingerprint density at radius 3 is 2.40 bits per heavy atom. The SMILES string of the molecule is O[C@@H]1[C@@H]2CC[C@H]1[C@H](N1CCCCC1)CC2. The van der Waals surface area contributed by atoms with Crippen molar-refractivity contribution in [2.75, 3.05) is 13.1 Å². The maximum atomic E-state index is 10.2. The van der Waals surface area contributed by atoms with Gasteiger partial charge in [0.1, 0.15) is 0 Å². The Morgan fingerprint density at radius 1 is 0.867 bits per heavy atom. The number of hydrogen-bond donors (Lipinski definition) is 1. The van der Waals surface area contributed by atoms with Crippen molar-refractivity contribution in [1.29, 1.82) is 0 Å². The number of likely N-dealkylation sites (tertiary alicyclic amines) is 1. The van der Waals surface area contributed by atoms with E-state index in [0.29, 0.717) is 11.8 Å². The predicted octanol–water partition coefficient (Wildman–Crippen LogP) is 2.02. The first-order valence-corrected chi connectivity index (χ1v) is 6.78. The number of hydrogen-bond acceptors (Lipinski definition) is 2. The topological polar surface area (TPSA) is 23.5 Å². The molecule has 3 rings (SSSR count). The molecule has 0 amide bonds. The molecule has 2 nitrogen and oxygen atoms in total. The highest BCUT2D eigenvalue weighted by atomic mass is 16.3. The summed E-state index contributed by atoms with van der Waals surface area (Å²) >= 11 is 0. The molecule has 3 aliphatic rings. The van der Waals surface area contributed by atoms with Crippen molar-refractivity contribution < 1.29 is 5.11 Å². The molecule has 2 saturated carbocycles. The van der Waals surface area contributed by atoms with Crippen LogP contribution in [0.2, 0.25) is 0 Å². The van der Waals surface area contributed by atoms with E-state index >= 15 is 0 Å². The van der Waals surface area contributed by atoms with E-state index in [0.717, 1.165) is 6.04 Å². The minimum atomic E-state index is 0.0330. The molecule has 1 aliphatic heterocycles. The highest BCUT2D eigenvalue weighted by molar-refractivity contribution is 4.97. The lowest BCUT2D eigenvalue weighted by atomic mass is 9.81. The van der Waals surface area contributed by atoms with Crippen LogP contribution >= 0.6 is 0 Å². The largest absolute Gasteiger partial charge is 0.392 e. The number of rotatable bonds is 1. The highest BCUT2D eigenvalue weighted by Crippen LogP contribution is 2.44. The van der Waals surface area contributed by atoms with Gasteiger partial charge in [-0.2, -0.15) is 0 Å². The summed E-state index contributed by atoms with van der Waals surface area (Å²) in [6.45, 7) is 2.58. The molecular formula is C13H23NO. The number of fused-ring (bicyclic) bond motifs is 2. The summed E-state index contributed by atoms with van der Waals surface area (Å²) in [6, 6.07) is 0.721. The van der Waals surface area contributed by atoms with E-state index in [1.807, 2.05) is 0 Å². The predicted molar refractivity (Wildman–Crippen MR) is 60.7 cm³/mol. The standard InChI is InChI=1S/C13H23NO/c15-13-10-4-6-11(13)12(7-5-10)14-8-2-1-3-9-14/h10-13,15H,1-9H2/t10-,11+,12-,13-/m1/s1. The van der Waals surface area contributed by atoms with Crippen LogP contribution in [0.15, 0.2) is 0 Å². The normalized spacial score (nSPS) is 47.0. The second-order valence-electron chi connectivity index (χ2n) is 5.73. The number of piperidine rings is 1. The Hall–Kier alpha value is -0.0800. The maximum absolute atomic E-state index is 10.2. The molecule has 2 heteroatoms. The van der Waals surface area contributed by atoms with Gasteiger partial charge in [0.05, 0.1) is 6.10 Å². The second kappa shape index (κ2) is 4.06. The van der Waals surface area contributed by atoms with Crippen LogP contribution in [0.3, 0.4) is 0 Å². The summed E-state index contributed by atoms with van der Waals surface area (Å²) in [5.41, 5.74) is 0. The van der Waals surface area contributed by atoms with Gasteiger partial charge in [0.15, 0.2) is 0 Å². The third-order valence-corrected chi connectivity index (χ3v) is 4.98. The van der Waals surface area contributed by atoms with Crippen molar-refractivity contribution in [1.82, 2.24) is 4.90 Å². The minimum Gasteiger partial charge on any atom is -0.392 e. The third-order valence-electron chi connectivity index (χ3n) is 4.98. The monoisotopic (exact) mass is 209 g/mol. The Labute approximate surface area is 92.7 Å². The zero-order valence-corrected chi connectivity index (χ0v) is 9.57. The quantitative estimate of drug-likeness (QED) is 0.714. The number of nitrogens with zero attached hydrogens (tertiary/aromatic N) is 1. The fraction of sp³-hybridized carbons (Fsp3) is 1.00. The van der Waals surface area contributed by atoms with Gasteiger partial charge in [-0.15, -0.1) is 0 Å². The molecular weight excluding hydrogens is 186 g/mol. The molecule has 0 aromatic rings. The van der Waals surface area contributed by atoms with E-state index in [2.05, 4.69) is 4.90 Å². The average Bonchev–Trinajstić information content (AvgIpc) is 2.54. The number of aliphatic hydroxyl groups excluding tert-OH is 1. The molecule has 1 N–H and O–H groups in total. The smallest absolute Gasteiger partial charge is 0.0611 e. The Balaban J connectivity index is 1.69. The third kappa shape index (κ3) is 1.72. The molecule has 0 aromatic heterocycles. The van der Waals surface area contributed by atoms with Gasteiger partial charge in [-0.05, 0) is 57.5 Å². The molecule has 3 fully saturated rings. The first-order valence-electron chi connectivity index (χ1n) is 6.78. The van der Waals surface area contributed by atoms with E-state index in [1.165, 1.54) is 58.0 Å². The van der Waals surface area contributed by atoms with Gasteiger partial charge in [-0.25, -0.2) is 0 Å². The fourth-order valence-electron chi connectivity index (χ4n) is 4.14. The molecule has 86 valence electrons.